The van der Waals surface area contributed by atoms with E-state index in [1.807, 2.05) is 0 Å². The van der Waals surface area contributed by atoms with Gasteiger partial charge in [0.15, 0.2) is 0 Å². The summed E-state index contributed by atoms with van der Waals surface area (Å²) in [5.41, 5.74) is 4.12. The highest BCUT2D eigenvalue weighted by Gasteiger charge is 2.46. The van der Waals surface area contributed by atoms with Crippen LogP contribution in [-0.4, -0.2) is 39.5 Å². The molecule has 1 aliphatic heterocycles. The summed E-state index contributed by atoms with van der Waals surface area (Å²) in [6.07, 6.45) is 1.43. The average Bonchev–Trinajstić information content (AvgIpc) is 2.45. The van der Waals surface area contributed by atoms with E-state index in [4.69, 9.17) is 10.8 Å². The van der Waals surface area contributed by atoms with E-state index in [1.54, 1.807) is 20.8 Å². The van der Waals surface area contributed by atoms with Gasteiger partial charge in [-0.3, -0.25) is 4.79 Å². The third-order valence-electron chi connectivity index (χ3n) is 3.01. The minimum atomic E-state index is -1.05. The van der Waals surface area contributed by atoms with Crippen molar-refractivity contribution in [1.82, 2.24) is 4.90 Å². The fraction of sp³-hybridized carbons (Fsp3) is 0.818. The van der Waals surface area contributed by atoms with E-state index in [9.17, 15) is 9.59 Å². The van der Waals surface area contributed by atoms with Gasteiger partial charge in [-0.25, -0.2) is 4.79 Å². The van der Waals surface area contributed by atoms with Crippen molar-refractivity contribution >= 4 is 11.9 Å². The quantitative estimate of drug-likeness (QED) is 0.740. The molecule has 16 heavy (non-hydrogen) atoms. The largest absolute Gasteiger partial charge is 0.480 e. The molecule has 1 heterocycles. The molecule has 1 saturated heterocycles. The van der Waals surface area contributed by atoms with Crippen LogP contribution in [0.5, 0.6) is 0 Å². The van der Waals surface area contributed by atoms with Gasteiger partial charge in [-0.15, -0.1) is 0 Å². The summed E-state index contributed by atoms with van der Waals surface area (Å²) in [6, 6.07) is 0. The Bertz CT molecular complexity index is 309. The molecule has 92 valence electrons. The lowest BCUT2D eigenvalue weighted by Gasteiger charge is -2.33. The molecule has 1 amide bonds. The highest BCUT2D eigenvalue weighted by molar-refractivity contribution is 5.87. The van der Waals surface area contributed by atoms with Gasteiger partial charge < -0.3 is 15.7 Å². The molecule has 0 aromatic heterocycles. The van der Waals surface area contributed by atoms with E-state index in [0.29, 0.717) is 13.0 Å². The fourth-order valence-corrected chi connectivity index (χ4v) is 2.07. The van der Waals surface area contributed by atoms with Gasteiger partial charge in [0.2, 0.25) is 5.91 Å². The van der Waals surface area contributed by atoms with Crippen LogP contribution in [0.3, 0.4) is 0 Å². The molecule has 0 saturated carbocycles. The van der Waals surface area contributed by atoms with Crippen molar-refractivity contribution in [3.8, 4) is 0 Å². The third-order valence-corrected chi connectivity index (χ3v) is 3.01. The third kappa shape index (κ3) is 2.52. The molecule has 0 aromatic carbocycles. The van der Waals surface area contributed by atoms with Crippen molar-refractivity contribution in [2.45, 2.75) is 51.1 Å². The van der Waals surface area contributed by atoms with Crippen LogP contribution >= 0.6 is 0 Å². The first-order chi connectivity index (χ1) is 7.17. The molecule has 1 rings (SSSR count). The maximum Gasteiger partial charge on any atom is 0.329 e. The van der Waals surface area contributed by atoms with Crippen LogP contribution in [0.25, 0.3) is 0 Å². The van der Waals surface area contributed by atoms with Crippen LogP contribution in [0.1, 0.15) is 40.0 Å². The van der Waals surface area contributed by atoms with Crippen LogP contribution in [0.2, 0.25) is 0 Å². The number of carbonyl (C=O) groups excluding carboxylic acids is 1. The van der Waals surface area contributed by atoms with Gasteiger partial charge >= 0.3 is 5.97 Å². The zero-order chi connectivity index (χ0) is 12.6. The first-order valence-corrected chi connectivity index (χ1v) is 5.49. The van der Waals surface area contributed by atoms with Gasteiger partial charge in [0.1, 0.15) is 5.54 Å². The van der Waals surface area contributed by atoms with Crippen molar-refractivity contribution in [2.24, 2.45) is 5.73 Å². The molecule has 1 fully saturated rings. The van der Waals surface area contributed by atoms with Gasteiger partial charge in [0.25, 0.3) is 0 Å². The van der Waals surface area contributed by atoms with Crippen LogP contribution < -0.4 is 5.73 Å². The molecule has 3 N–H and O–H groups in total. The van der Waals surface area contributed by atoms with Crippen LogP contribution in [0, 0.1) is 0 Å². The van der Waals surface area contributed by atoms with E-state index < -0.39 is 17.0 Å². The smallest absolute Gasteiger partial charge is 0.329 e. The van der Waals surface area contributed by atoms with Crippen molar-refractivity contribution in [3.63, 3.8) is 0 Å². The number of aliphatic carboxylic acids is 1. The number of hydrogen-bond acceptors (Lipinski definition) is 3. The molecule has 5 nitrogen and oxygen atoms in total. The molecular weight excluding hydrogens is 208 g/mol. The molecule has 1 atom stereocenters. The summed E-state index contributed by atoms with van der Waals surface area (Å²) in [4.78, 5) is 24.6. The van der Waals surface area contributed by atoms with Gasteiger partial charge in [-0.2, -0.15) is 0 Å². The molecule has 1 aliphatic rings. The summed E-state index contributed by atoms with van der Waals surface area (Å²) in [5.74, 6) is -1.11. The van der Waals surface area contributed by atoms with E-state index in [1.165, 1.54) is 4.90 Å². The number of amides is 1. The van der Waals surface area contributed by atoms with E-state index in [2.05, 4.69) is 0 Å². The first kappa shape index (κ1) is 13.0. The lowest BCUT2D eigenvalue weighted by molar-refractivity contribution is -0.155. The average molecular weight is 228 g/mol. The SMILES string of the molecule is CC(C)(N)CC(=O)N1CCCC1(C)C(=O)O. The molecule has 5 heteroatoms. The first-order valence-electron chi connectivity index (χ1n) is 5.49. The number of hydrogen-bond donors (Lipinski definition) is 2. The van der Waals surface area contributed by atoms with E-state index in [0.717, 1.165) is 6.42 Å². The van der Waals surface area contributed by atoms with Gasteiger partial charge in [0, 0.05) is 18.5 Å². The Balaban J connectivity index is 2.80. The molecule has 1 unspecified atom stereocenters. The van der Waals surface area contributed by atoms with Gasteiger partial charge in [-0.1, -0.05) is 0 Å². The standard InChI is InChI=1S/C11H20N2O3/c1-10(2,12)7-8(14)13-6-4-5-11(13,3)9(15)16/h4-7,12H2,1-3H3,(H,15,16). The summed E-state index contributed by atoms with van der Waals surface area (Å²) in [5, 5.41) is 9.16. The minimum Gasteiger partial charge on any atom is -0.480 e. The molecule has 0 radical (unpaired) electrons. The number of carboxylic acids is 1. The van der Waals surface area contributed by atoms with E-state index >= 15 is 0 Å². The maximum atomic E-state index is 12.0. The highest BCUT2D eigenvalue weighted by Crippen LogP contribution is 2.30. The Kier molecular flexibility index (Phi) is 3.28. The second-order valence-corrected chi connectivity index (χ2v) is 5.39. The summed E-state index contributed by atoms with van der Waals surface area (Å²) in [6.45, 7) is 5.64. The Hall–Kier alpha value is -1.10. The zero-order valence-electron chi connectivity index (χ0n) is 10.1. The number of likely N-dealkylation sites (tertiary alicyclic amines) is 1. The summed E-state index contributed by atoms with van der Waals surface area (Å²) in [7, 11) is 0. The predicted octanol–water partition coefficient (Wildman–Crippen LogP) is 0.579. The van der Waals surface area contributed by atoms with Crippen LogP contribution in [-0.2, 0) is 9.59 Å². The lowest BCUT2D eigenvalue weighted by Crippen LogP contribution is -2.52. The minimum absolute atomic E-state index is 0.171. The number of rotatable bonds is 3. The molecule has 0 spiro atoms. The number of carboxylic acid groups (broad SMARTS) is 1. The Morgan fingerprint density at radius 1 is 1.50 bits per heavy atom. The normalized spacial score (nSPS) is 25.9. The molecule has 0 aromatic rings. The maximum absolute atomic E-state index is 12.0. The second kappa shape index (κ2) is 4.05. The van der Waals surface area contributed by atoms with Crippen molar-refractivity contribution in [2.75, 3.05) is 6.54 Å². The molecular formula is C11H20N2O3. The van der Waals surface area contributed by atoms with Crippen molar-refractivity contribution in [3.05, 3.63) is 0 Å². The van der Waals surface area contributed by atoms with Crippen LogP contribution in [0.4, 0.5) is 0 Å². The Morgan fingerprint density at radius 3 is 2.50 bits per heavy atom. The highest BCUT2D eigenvalue weighted by atomic mass is 16.4. The fourth-order valence-electron chi connectivity index (χ4n) is 2.07. The van der Waals surface area contributed by atoms with Gasteiger partial charge in [-0.05, 0) is 33.6 Å². The van der Waals surface area contributed by atoms with Crippen molar-refractivity contribution < 1.29 is 14.7 Å². The van der Waals surface area contributed by atoms with Crippen LogP contribution in [0.15, 0.2) is 0 Å². The second-order valence-electron chi connectivity index (χ2n) is 5.39. The van der Waals surface area contributed by atoms with Crippen molar-refractivity contribution in [1.29, 1.82) is 0 Å². The number of nitrogens with two attached hydrogens (primary N) is 1. The van der Waals surface area contributed by atoms with Gasteiger partial charge in [0.05, 0.1) is 0 Å². The summed E-state index contributed by atoms with van der Waals surface area (Å²) >= 11 is 0. The lowest BCUT2D eigenvalue weighted by atomic mass is 9.96. The number of nitrogens with zero attached hydrogens (tertiary/aromatic N) is 1. The van der Waals surface area contributed by atoms with E-state index in [-0.39, 0.29) is 12.3 Å². The Morgan fingerprint density at radius 2 is 2.06 bits per heavy atom. The number of carbonyl (C=O) groups is 2. The topological polar surface area (TPSA) is 83.6 Å². The summed E-state index contributed by atoms with van der Waals surface area (Å²) < 4.78 is 0. The molecule has 0 bridgehead atoms. The zero-order valence-corrected chi connectivity index (χ0v) is 10.1. The molecule has 0 aliphatic carbocycles. The monoisotopic (exact) mass is 228 g/mol. The Labute approximate surface area is 95.6 Å². The predicted molar refractivity (Wildman–Crippen MR) is 59.9 cm³/mol.